The average Bonchev–Trinajstić information content (AvgIpc) is 2.97. The first-order valence-corrected chi connectivity index (χ1v) is 17.1. The summed E-state index contributed by atoms with van der Waals surface area (Å²) < 4.78 is 27.6. The van der Waals surface area contributed by atoms with Crippen molar-refractivity contribution >= 4 is 45.0 Å². The van der Waals surface area contributed by atoms with E-state index in [-0.39, 0.29) is 17.9 Å². The zero-order valence-electron chi connectivity index (χ0n) is 24.1. The van der Waals surface area contributed by atoms with Gasteiger partial charge in [-0.05, 0) is 60.2 Å². The molecule has 3 aromatic rings. The Bertz CT molecular complexity index is 1620. The molecule has 0 aromatic heterocycles. The smallest absolute Gasteiger partial charge is 0.255 e. The van der Waals surface area contributed by atoms with E-state index in [2.05, 4.69) is 10.0 Å². The zero-order valence-corrected chi connectivity index (χ0v) is 26.4. The fourth-order valence-corrected chi connectivity index (χ4v) is 7.80. The number of carbonyl (C=O) groups excluding carboxylic acids is 2. The molecule has 43 heavy (non-hydrogen) atoms. The Hall–Kier alpha value is -2.95. The van der Waals surface area contributed by atoms with Crippen LogP contribution in [0.5, 0.6) is 0 Å². The number of hydrogen-bond donors (Lipinski definition) is 3. The van der Waals surface area contributed by atoms with Crippen molar-refractivity contribution < 1.29 is 18.0 Å². The molecule has 8 nitrogen and oxygen atoms in total. The van der Waals surface area contributed by atoms with Crippen molar-refractivity contribution in [2.24, 2.45) is 5.73 Å². The van der Waals surface area contributed by atoms with Crippen LogP contribution in [0.15, 0.2) is 66.7 Å². The second-order valence-electron chi connectivity index (χ2n) is 11.4. The maximum Gasteiger partial charge on any atom is 0.255 e. The number of nitrogens with zero attached hydrogens (tertiary/aromatic N) is 1. The van der Waals surface area contributed by atoms with E-state index in [1.807, 2.05) is 37.3 Å². The Labute approximate surface area is 263 Å². The molecular formula is C32H36Cl2N4O4S. The summed E-state index contributed by atoms with van der Waals surface area (Å²) in [5.41, 5.74) is 9.22. The molecular weight excluding hydrogens is 607 g/mol. The third kappa shape index (κ3) is 6.76. The van der Waals surface area contributed by atoms with Gasteiger partial charge in [-0.1, -0.05) is 84.6 Å². The van der Waals surface area contributed by atoms with Crippen molar-refractivity contribution in [3.05, 3.63) is 105 Å². The highest BCUT2D eigenvalue weighted by Crippen LogP contribution is 2.48. The second kappa shape index (κ2) is 13.0. The lowest BCUT2D eigenvalue weighted by molar-refractivity contribution is -0.125. The van der Waals surface area contributed by atoms with Crippen molar-refractivity contribution in [2.75, 3.05) is 6.26 Å². The van der Waals surface area contributed by atoms with Crippen LogP contribution in [0.1, 0.15) is 83.2 Å². The lowest BCUT2D eigenvalue weighted by Gasteiger charge is -2.49. The van der Waals surface area contributed by atoms with Gasteiger partial charge < -0.3 is 16.0 Å². The van der Waals surface area contributed by atoms with Gasteiger partial charge in [0.05, 0.1) is 24.3 Å². The predicted octanol–water partition coefficient (Wildman–Crippen LogP) is 5.47. The van der Waals surface area contributed by atoms with Crippen LogP contribution in [0.4, 0.5) is 0 Å². The Balaban J connectivity index is 1.64. The molecule has 5 rings (SSSR count). The highest BCUT2D eigenvalue weighted by Gasteiger charge is 2.49. The van der Waals surface area contributed by atoms with Crippen LogP contribution in [0.2, 0.25) is 10.0 Å². The number of halogens is 2. The van der Waals surface area contributed by atoms with Crippen molar-refractivity contribution in [3.63, 3.8) is 0 Å². The Morgan fingerprint density at radius 1 is 1.02 bits per heavy atom. The molecule has 11 heteroatoms. The standard InChI is InChI=1S/C32H36Cl2N4O4S/c1-19(21-13-11-20(18-35)12-14-21)36-31(39)29-23-7-3-4-8-24(23)32(40)38(30(29)25-16-15-22(33)17-26(25)34)28-10-6-5-9-27(28)37-43(2,41)42/h3-4,7-8,11-17,19,27-30,37H,5-6,9-10,18,35H2,1-2H3,(H,36,39)/t19?,27-,28-,29+,30-/m0/s1. The first kappa shape index (κ1) is 31.5. The molecule has 4 N–H and O–H groups in total. The van der Waals surface area contributed by atoms with E-state index in [0.29, 0.717) is 46.1 Å². The minimum atomic E-state index is -3.57. The molecule has 3 aromatic carbocycles. The van der Waals surface area contributed by atoms with Gasteiger partial charge in [-0.15, -0.1) is 0 Å². The number of hydrogen-bond acceptors (Lipinski definition) is 5. The molecule has 1 heterocycles. The van der Waals surface area contributed by atoms with E-state index >= 15 is 0 Å². The number of nitrogens with two attached hydrogens (primary N) is 1. The fraction of sp³-hybridized carbons (Fsp3) is 0.375. The normalized spacial score (nSPS) is 23.0. The summed E-state index contributed by atoms with van der Waals surface area (Å²) in [7, 11) is -3.57. The van der Waals surface area contributed by atoms with Crippen LogP contribution in [0.25, 0.3) is 0 Å². The van der Waals surface area contributed by atoms with Crippen LogP contribution in [-0.4, -0.2) is 43.5 Å². The summed E-state index contributed by atoms with van der Waals surface area (Å²) in [4.78, 5) is 30.5. The number of fused-ring (bicyclic) bond motifs is 1. The summed E-state index contributed by atoms with van der Waals surface area (Å²) in [5.74, 6) is -1.38. The highest BCUT2D eigenvalue weighted by atomic mass is 35.5. The van der Waals surface area contributed by atoms with Gasteiger partial charge in [-0.2, -0.15) is 0 Å². The number of carbonyl (C=O) groups is 2. The molecule has 1 unspecified atom stereocenters. The first-order chi connectivity index (χ1) is 20.5. The average molecular weight is 644 g/mol. The topological polar surface area (TPSA) is 122 Å². The summed E-state index contributed by atoms with van der Waals surface area (Å²) in [5, 5.41) is 3.92. The van der Waals surface area contributed by atoms with Gasteiger partial charge in [0.2, 0.25) is 15.9 Å². The van der Waals surface area contributed by atoms with E-state index in [0.717, 1.165) is 30.2 Å². The van der Waals surface area contributed by atoms with Crippen molar-refractivity contribution in [1.29, 1.82) is 0 Å². The summed E-state index contributed by atoms with van der Waals surface area (Å²) in [6.07, 6.45) is 3.89. The maximum absolute atomic E-state index is 14.4. The van der Waals surface area contributed by atoms with E-state index in [9.17, 15) is 18.0 Å². The van der Waals surface area contributed by atoms with Crippen molar-refractivity contribution in [2.45, 2.75) is 69.2 Å². The third-order valence-corrected chi connectivity index (χ3v) is 9.76. The Morgan fingerprint density at radius 2 is 1.72 bits per heavy atom. The van der Waals surface area contributed by atoms with Crippen LogP contribution in [0.3, 0.4) is 0 Å². The quantitative estimate of drug-likeness (QED) is 0.301. The zero-order chi connectivity index (χ0) is 30.9. The van der Waals surface area contributed by atoms with Gasteiger partial charge >= 0.3 is 0 Å². The molecule has 1 aliphatic carbocycles. The maximum atomic E-state index is 14.4. The van der Waals surface area contributed by atoms with Crippen molar-refractivity contribution in [3.8, 4) is 0 Å². The first-order valence-electron chi connectivity index (χ1n) is 14.4. The summed E-state index contributed by atoms with van der Waals surface area (Å²) in [6, 6.07) is 17.7. The van der Waals surface area contributed by atoms with E-state index in [4.69, 9.17) is 28.9 Å². The van der Waals surface area contributed by atoms with Crippen LogP contribution >= 0.6 is 23.2 Å². The monoisotopic (exact) mass is 642 g/mol. The van der Waals surface area contributed by atoms with E-state index in [1.165, 1.54) is 0 Å². The number of rotatable bonds is 8. The van der Waals surface area contributed by atoms with Gasteiger partial charge in [-0.25, -0.2) is 13.1 Å². The van der Waals surface area contributed by atoms with Crippen LogP contribution < -0.4 is 15.8 Å². The van der Waals surface area contributed by atoms with E-state index < -0.39 is 34.1 Å². The lowest BCUT2D eigenvalue weighted by atomic mass is 9.76. The second-order valence-corrected chi connectivity index (χ2v) is 14.0. The van der Waals surface area contributed by atoms with E-state index in [1.54, 1.807) is 41.3 Å². The Morgan fingerprint density at radius 3 is 2.40 bits per heavy atom. The molecule has 5 atom stereocenters. The number of nitrogens with one attached hydrogen (secondary N) is 2. The van der Waals surface area contributed by atoms with Gasteiger partial charge in [-0.3, -0.25) is 9.59 Å². The minimum Gasteiger partial charge on any atom is -0.349 e. The molecule has 0 radical (unpaired) electrons. The van der Waals surface area contributed by atoms with Crippen LogP contribution in [0, 0.1) is 0 Å². The number of amides is 2. The summed E-state index contributed by atoms with van der Waals surface area (Å²) in [6.45, 7) is 2.33. The molecule has 1 saturated carbocycles. The number of benzene rings is 3. The van der Waals surface area contributed by atoms with Gasteiger partial charge in [0.1, 0.15) is 0 Å². The van der Waals surface area contributed by atoms with Gasteiger partial charge in [0, 0.05) is 34.2 Å². The molecule has 1 fully saturated rings. The lowest BCUT2D eigenvalue weighted by Crippen LogP contribution is -2.59. The number of sulfonamides is 1. The highest BCUT2D eigenvalue weighted by molar-refractivity contribution is 7.88. The molecule has 2 amide bonds. The SMILES string of the molecule is CC(NC(=O)[C@@H]1c2ccccc2C(=O)N([C@H]2CCCC[C@@H]2NS(C)(=O)=O)[C@H]1c1ccc(Cl)cc1Cl)c1ccc(CN)cc1. The molecule has 2 aliphatic rings. The van der Waals surface area contributed by atoms with Crippen molar-refractivity contribution in [1.82, 2.24) is 14.9 Å². The molecule has 0 saturated heterocycles. The summed E-state index contributed by atoms with van der Waals surface area (Å²) >= 11 is 13.1. The van der Waals surface area contributed by atoms with Gasteiger partial charge in [0.25, 0.3) is 5.91 Å². The molecule has 1 aliphatic heterocycles. The predicted molar refractivity (Wildman–Crippen MR) is 169 cm³/mol. The van der Waals surface area contributed by atoms with Gasteiger partial charge in [0.15, 0.2) is 0 Å². The molecule has 228 valence electrons. The minimum absolute atomic E-state index is 0.270. The van der Waals surface area contributed by atoms with Crippen LogP contribution in [-0.2, 0) is 21.4 Å². The third-order valence-electron chi connectivity index (χ3n) is 8.47. The fourth-order valence-electron chi connectivity index (χ4n) is 6.46. The molecule has 0 bridgehead atoms. The molecule has 0 spiro atoms. The largest absolute Gasteiger partial charge is 0.349 e. The Kier molecular flexibility index (Phi) is 9.49.